The molecular weight excluding hydrogens is 464 g/mol. The van der Waals surface area contributed by atoms with Crippen LogP contribution in [0.3, 0.4) is 0 Å². The first-order valence-corrected chi connectivity index (χ1v) is 10.3. The van der Waals surface area contributed by atoms with E-state index in [2.05, 4.69) is 31.9 Å². The van der Waals surface area contributed by atoms with E-state index >= 15 is 0 Å². The molecular formula is C22H19BrN4O4. The number of nitro groups is 1. The SMILES string of the molecule is C#CCOc1ccc([N+](=O)[O-])cc1C=Nn1c([C@@H](C)CC)nc2ccc(Br)cc2c1=O. The summed E-state index contributed by atoms with van der Waals surface area (Å²) in [7, 11) is 0. The maximum Gasteiger partial charge on any atom is 0.282 e. The second kappa shape index (κ2) is 9.53. The number of nitro benzene ring substituents is 1. The summed E-state index contributed by atoms with van der Waals surface area (Å²) in [5.41, 5.74) is 0.420. The van der Waals surface area contributed by atoms with Gasteiger partial charge in [-0.2, -0.15) is 9.78 Å². The maximum absolute atomic E-state index is 13.2. The third kappa shape index (κ3) is 4.81. The van der Waals surface area contributed by atoms with Crippen LogP contribution in [0.4, 0.5) is 5.69 Å². The van der Waals surface area contributed by atoms with Gasteiger partial charge in [-0.15, -0.1) is 6.42 Å². The van der Waals surface area contributed by atoms with Crippen LogP contribution in [0.15, 0.2) is 50.8 Å². The Morgan fingerprint density at radius 3 is 2.84 bits per heavy atom. The van der Waals surface area contributed by atoms with E-state index in [9.17, 15) is 14.9 Å². The number of rotatable bonds is 7. The van der Waals surface area contributed by atoms with Crippen LogP contribution in [0.5, 0.6) is 5.75 Å². The van der Waals surface area contributed by atoms with Crippen molar-refractivity contribution in [2.45, 2.75) is 26.2 Å². The molecule has 0 N–H and O–H groups in total. The molecule has 0 saturated carbocycles. The van der Waals surface area contributed by atoms with E-state index in [0.29, 0.717) is 28.0 Å². The van der Waals surface area contributed by atoms with E-state index in [4.69, 9.17) is 11.2 Å². The zero-order valence-corrected chi connectivity index (χ0v) is 18.5. The molecule has 1 heterocycles. The molecule has 2 aromatic carbocycles. The summed E-state index contributed by atoms with van der Waals surface area (Å²) in [6.07, 6.45) is 7.34. The Hall–Kier alpha value is -3.51. The monoisotopic (exact) mass is 482 g/mol. The third-order valence-electron chi connectivity index (χ3n) is 4.71. The predicted molar refractivity (Wildman–Crippen MR) is 123 cm³/mol. The predicted octanol–water partition coefficient (Wildman–Crippen LogP) is 4.47. The lowest BCUT2D eigenvalue weighted by Crippen LogP contribution is -2.23. The highest BCUT2D eigenvalue weighted by atomic mass is 79.9. The van der Waals surface area contributed by atoms with E-state index in [0.717, 1.165) is 10.9 Å². The number of hydrogen-bond donors (Lipinski definition) is 0. The summed E-state index contributed by atoms with van der Waals surface area (Å²) in [4.78, 5) is 28.5. The fraction of sp³-hybridized carbons (Fsp3) is 0.227. The van der Waals surface area contributed by atoms with Gasteiger partial charge in [-0.05, 0) is 30.7 Å². The molecule has 0 radical (unpaired) electrons. The Bertz CT molecular complexity index is 1280. The van der Waals surface area contributed by atoms with Gasteiger partial charge in [-0.3, -0.25) is 14.9 Å². The highest BCUT2D eigenvalue weighted by molar-refractivity contribution is 9.10. The van der Waals surface area contributed by atoms with Gasteiger partial charge in [-0.1, -0.05) is 35.7 Å². The summed E-state index contributed by atoms with van der Waals surface area (Å²) >= 11 is 3.37. The van der Waals surface area contributed by atoms with Crippen LogP contribution in [0.1, 0.15) is 37.6 Å². The normalized spacial score (nSPS) is 12.1. The lowest BCUT2D eigenvalue weighted by atomic mass is 10.1. The fourth-order valence-corrected chi connectivity index (χ4v) is 3.26. The number of halogens is 1. The largest absolute Gasteiger partial charge is 0.480 e. The number of aromatic nitrogens is 2. The Morgan fingerprint density at radius 1 is 1.39 bits per heavy atom. The second-order valence-corrected chi connectivity index (χ2v) is 7.69. The van der Waals surface area contributed by atoms with Gasteiger partial charge in [0, 0.05) is 28.1 Å². The van der Waals surface area contributed by atoms with Crippen LogP contribution in [-0.4, -0.2) is 27.4 Å². The van der Waals surface area contributed by atoms with Gasteiger partial charge >= 0.3 is 0 Å². The molecule has 0 unspecified atom stereocenters. The second-order valence-electron chi connectivity index (χ2n) is 6.77. The summed E-state index contributed by atoms with van der Waals surface area (Å²) in [5, 5.41) is 15.9. The highest BCUT2D eigenvalue weighted by Gasteiger charge is 2.16. The van der Waals surface area contributed by atoms with E-state index in [-0.39, 0.29) is 23.8 Å². The van der Waals surface area contributed by atoms with Gasteiger partial charge in [0.25, 0.3) is 11.2 Å². The molecule has 1 aromatic heterocycles. The Morgan fingerprint density at radius 2 is 2.16 bits per heavy atom. The molecule has 0 fully saturated rings. The molecule has 158 valence electrons. The van der Waals surface area contributed by atoms with Crippen LogP contribution in [0.2, 0.25) is 0 Å². The van der Waals surface area contributed by atoms with Crippen molar-refractivity contribution < 1.29 is 9.66 Å². The Balaban J connectivity index is 2.19. The molecule has 31 heavy (non-hydrogen) atoms. The van der Waals surface area contributed by atoms with Crippen molar-refractivity contribution in [2.24, 2.45) is 5.10 Å². The minimum atomic E-state index is -0.520. The van der Waals surface area contributed by atoms with Crippen molar-refractivity contribution in [3.63, 3.8) is 0 Å². The quantitative estimate of drug-likeness (QED) is 0.214. The molecule has 0 aliphatic rings. The van der Waals surface area contributed by atoms with Crippen LogP contribution in [-0.2, 0) is 0 Å². The summed E-state index contributed by atoms with van der Waals surface area (Å²) < 4.78 is 7.44. The number of nitrogens with zero attached hydrogens (tertiary/aromatic N) is 4. The zero-order valence-electron chi connectivity index (χ0n) is 16.9. The molecule has 0 amide bonds. The van der Waals surface area contributed by atoms with E-state index in [1.165, 1.54) is 29.1 Å². The van der Waals surface area contributed by atoms with Crippen molar-refractivity contribution in [1.29, 1.82) is 0 Å². The average Bonchev–Trinajstić information content (AvgIpc) is 2.76. The van der Waals surface area contributed by atoms with Crippen molar-refractivity contribution in [3.8, 4) is 18.1 Å². The van der Waals surface area contributed by atoms with Crippen molar-refractivity contribution in [2.75, 3.05) is 6.61 Å². The molecule has 9 heteroatoms. The van der Waals surface area contributed by atoms with E-state index in [1.54, 1.807) is 12.1 Å². The smallest absolute Gasteiger partial charge is 0.282 e. The molecule has 0 aliphatic heterocycles. The minimum absolute atomic E-state index is 0.0116. The van der Waals surface area contributed by atoms with Gasteiger partial charge in [0.2, 0.25) is 0 Å². The first-order valence-electron chi connectivity index (χ1n) is 9.47. The number of terminal acetylenes is 1. The van der Waals surface area contributed by atoms with Crippen molar-refractivity contribution in [3.05, 3.63) is 72.7 Å². The standard InChI is InChI=1S/C22H19BrN4O4/c1-4-10-31-20-9-7-17(27(29)30)11-15(20)13-24-26-21(14(3)5-2)25-19-8-6-16(23)12-18(19)22(26)28/h1,6-9,11-14H,5,10H2,2-3H3/t14-/m0/s1. The summed E-state index contributed by atoms with van der Waals surface area (Å²) in [6.45, 7) is 3.93. The van der Waals surface area contributed by atoms with Crippen LogP contribution in [0, 0.1) is 22.5 Å². The number of fused-ring (bicyclic) bond motifs is 1. The number of benzene rings is 2. The van der Waals surface area contributed by atoms with Gasteiger partial charge in [0.1, 0.15) is 18.2 Å². The Labute approximate surface area is 186 Å². The molecule has 0 aliphatic carbocycles. The lowest BCUT2D eigenvalue weighted by Gasteiger charge is -2.14. The first-order chi connectivity index (χ1) is 14.8. The van der Waals surface area contributed by atoms with Crippen LogP contribution in [0.25, 0.3) is 10.9 Å². The Kier molecular flexibility index (Phi) is 6.82. The summed E-state index contributed by atoms with van der Waals surface area (Å²) in [6, 6.07) is 9.36. The number of hydrogen-bond acceptors (Lipinski definition) is 6. The van der Waals surface area contributed by atoms with Gasteiger partial charge in [0.15, 0.2) is 0 Å². The maximum atomic E-state index is 13.2. The van der Waals surface area contributed by atoms with Crippen molar-refractivity contribution >= 4 is 38.7 Å². The lowest BCUT2D eigenvalue weighted by molar-refractivity contribution is -0.384. The van der Waals surface area contributed by atoms with Gasteiger partial charge in [-0.25, -0.2) is 4.98 Å². The fourth-order valence-electron chi connectivity index (χ4n) is 2.90. The summed E-state index contributed by atoms with van der Waals surface area (Å²) in [5.74, 6) is 3.13. The number of non-ortho nitro benzene ring substituents is 1. The molecule has 8 nitrogen and oxygen atoms in total. The van der Waals surface area contributed by atoms with E-state index < -0.39 is 4.92 Å². The molecule has 0 spiro atoms. The van der Waals surface area contributed by atoms with E-state index in [1.807, 2.05) is 19.9 Å². The highest BCUT2D eigenvalue weighted by Crippen LogP contribution is 2.24. The molecule has 0 saturated heterocycles. The third-order valence-corrected chi connectivity index (χ3v) is 5.21. The first kappa shape index (κ1) is 22.2. The number of ether oxygens (including phenoxy) is 1. The topological polar surface area (TPSA) is 99.6 Å². The minimum Gasteiger partial charge on any atom is -0.480 e. The molecule has 3 rings (SSSR count). The van der Waals surface area contributed by atoms with Crippen LogP contribution < -0.4 is 10.3 Å². The molecule has 0 bridgehead atoms. The van der Waals surface area contributed by atoms with Crippen LogP contribution >= 0.6 is 15.9 Å². The van der Waals surface area contributed by atoms with Gasteiger partial charge < -0.3 is 4.74 Å². The van der Waals surface area contributed by atoms with Gasteiger partial charge in [0.05, 0.1) is 22.0 Å². The molecule has 1 atom stereocenters. The average molecular weight is 483 g/mol. The van der Waals surface area contributed by atoms with Crippen molar-refractivity contribution in [1.82, 2.24) is 9.66 Å². The zero-order chi connectivity index (χ0) is 22.5. The molecule has 3 aromatic rings.